The van der Waals surface area contributed by atoms with E-state index in [-0.39, 0.29) is 6.42 Å². The summed E-state index contributed by atoms with van der Waals surface area (Å²) in [5.74, 6) is -1.86. The molecular formula is C15H16N2O3. The highest BCUT2D eigenvalue weighted by Gasteiger charge is 2.52. The molecule has 0 bridgehead atoms. The van der Waals surface area contributed by atoms with Crippen LogP contribution in [0.4, 0.5) is 0 Å². The molecule has 0 amide bonds. The van der Waals surface area contributed by atoms with Gasteiger partial charge in [-0.2, -0.15) is 5.26 Å². The third-order valence-electron chi connectivity index (χ3n) is 3.91. The summed E-state index contributed by atoms with van der Waals surface area (Å²) >= 11 is 0. The highest BCUT2D eigenvalue weighted by molar-refractivity contribution is 6.08. The van der Waals surface area contributed by atoms with Crippen LogP contribution in [0.3, 0.4) is 0 Å². The highest BCUT2D eigenvalue weighted by Crippen LogP contribution is 2.32. The van der Waals surface area contributed by atoms with E-state index in [2.05, 4.69) is 0 Å². The summed E-state index contributed by atoms with van der Waals surface area (Å²) in [5, 5.41) is 18.3. The van der Waals surface area contributed by atoms with Crippen LogP contribution < -0.4 is 0 Å². The molecular weight excluding hydrogens is 256 g/mol. The number of rotatable bonds is 3. The molecule has 0 spiro atoms. The largest absolute Gasteiger partial charge is 0.480 e. The van der Waals surface area contributed by atoms with E-state index in [1.807, 2.05) is 35.2 Å². The number of benzene rings is 1. The molecule has 1 heterocycles. The lowest BCUT2D eigenvalue weighted by atomic mass is 9.75. The first-order valence-electron chi connectivity index (χ1n) is 6.48. The van der Waals surface area contributed by atoms with Crippen LogP contribution in [0.5, 0.6) is 0 Å². The first-order valence-corrected chi connectivity index (χ1v) is 6.48. The van der Waals surface area contributed by atoms with Gasteiger partial charge in [0.1, 0.15) is 0 Å². The van der Waals surface area contributed by atoms with Crippen LogP contribution in [0.25, 0.3) is 0 Å². The van der Waals surface area contributed by atoms with Crippen molar-refractivity contribution < 1.29 is 14.7 Å². The number of aliphatic carboxylic acids is 1. The Morgan fingerprint density at radius 3 is 2.70 bits per heavy atom. The topological polar surface area (TPSA) is 81.4 Å². The molecule has 2 rings (SSSR count). The van der Waals surface area contributed by atoms with Gasteiger partial charge in [-0.15, -0.1) is 0 Å². The number of carboxylic acids is 1. The van der Waals surface area contributed by atoms with E-state index in [0.29, 0.717) is 13.1 Å². The van der Waals surface area contributed by atoms with Gasteiger partial charge < -0.3 is 5.11 Å². The number of likely N-dealkylation sites (tertiary alicyclic amines) is 1. The number of nitriles is 1. The van der Waals surface area contributed by atoms with Gasteiger partial charge in [-0.3, -0.25) is 14.5 Å². The Morgan fingerprint density at radius 1 is 1.50 bits per heavy atom. The molecule has 2 unspecified atom stereocenters. The van der Waals surface area contributed by atoms with Gasteiger partial charge in [-0.1, -0.05) is 30.3 Å². The molecule has 2 atom stereocenters. The predicted octanol–water partition coefficient (Wildman–Crippen LogP) is 1.44. The van der Waals surface area contributed by atoms with Crippen molar-refractivity contribution in [3.8, 4) is 6.07 Å². The number of carbonyl (C=O) groups is 2. The summed E-state index contributed by atoms with van der Waals surface area (Å²) in [6.45, 7) is 2.66. The maximum absolute atomic E-state index is 12.3. The maximum atomic E-state index is 12.3. The van der Waals surface area contributed by atoms with Gasteiger partial charge in [0.25, 0.3) is 0 Å². The molecule has 5 nitrogen and oxygen atoms in total. The number of hydrogen-bond donors (Lipinski definition) is 1. The van der Waals surface area contributed by atoms with Crippen molar-refractivity contribution in [3.05, 3.63) is 35.9 Å². The van der Waals surface area contributed by atoms with Crippen LogP contribution in [-0.4, -0.2) is 34.3 Å². The van der Waals surface area contributed by atoms with Crippen molar-refractivity contribution >= 4 is 11.8 Å². The summed E-state index contributed by atoms with van der Waals surface area (Å²) in [4.78, 5) is 25.5. The first kappa shape index (κ1) is 14.2. The molecule has 0 aromatic heterocycles. The van der Waals surface area contributed by atoms with Crippen molar-refractivity contribution in [1.29, 1.82) is 5.26 Å². The minimum absolute atomic E-state index is 0.0365. The Kier molecular flexibility index (Phi) is 3.86. The molecule has 5 heteroatoms. The van der Waals surface area contributed by atoms with Gasteiger partial charge in [0.05, 0.1) is 12.1 Å². The van der Waals surface area contributed by atoms with Crippen LogP contribution >= 0.6 is 0 Å². The van der Waals surface area contributed by atoms with Crippen LogP contribution in [0.1, 0.15) is 18.9 Å². The lowest BCUT2D eigenvalue weighted by molar-refractivity contribution is -0.156. The zero-order valence-corrected chi connectivity index (χ0v) is 11.2. The SMILES string of the molecule is CC1C(=O)C(C#N)(C(=O)O)CCN1Cc1ccccc1. The van der Waals surface area contributed by atoms with Crippen LogP contribution in [0, 0.1) is 16.7 Å². The average Bonchev–Trinajstić information content (AvgIpc) is 2.45. The Bertz CT molecular complexity index is 564. The normalized spacial score (nSPS) is 27.0. The van der Waals surface area contributed by atoms with E-state index in [9.17, 15) is 14.7 Å². The fourth-order valence-electron chi connectivity index (χ4n) is 2.56. The quantitative estimate of drug-likeness (QED) is 0.842. The monoisotopic (exact) mass is 272 g/mol. The summed E-state index contributed by atoms with van der Waals surface area (Å²) in [6.07, 6.45) is 0.0365. The van der Waals surface area contributed by atoms with Gasteiger partial charge >= 0.3 is 5.97 Å². The summed E-state index contributed by atoms with van der Waals surface area (Å²) in [5.41, 5.74) is -0.820. The molecule has 1 N–H and O–H groups in total. The molecule has 20 heavy (non-hydrogen) atoms. The van der Waals surface area contributed by atoms with Gasteiger partial charge in [-0.05, 0) is 18.9 Å². The maximum Gasteiger partial charge on any atom is 0.331 e. The smallest absolute Gasteiger partial charge is 0.331 e. The highest BCUT2D eigenvalue weighted by atomic mass is 16.4. The Balaban J connectivity index is 2.18. The second-order valence-corrected chi connectivity index (χ2v) is 5.07. The van der Waals surface area contributed by atoms with Crippen molar-refractivity contribution in [2.45, 2.75) is 25.9 Å². The minimum Gasteiger partial charge on any atom is -0.480 e. The third-order valence-corrected chi connectivity index (χ3v) is 3.91. The van der Waals surface area contributed by atoms with Crippen LogP contribution in [-0.2, 0) is 16.1 Å². The molecule has 1 aromatic rings. The zero-order valence-electron chi connectivity index (χ0n) is 11.2. The van der Waals surface area contributed by atoms with Gasteiger partial charge in [0.15, 0.2) is 5.78 Å². The van der Waals surface area contributed by atoms with Crippen molar-refractivity contribution in [2.75, 3.05) is 6.54 Å². The van der Waals surface area contributed by atoms with Crippen molar-refractivity contribution in [3.63, 3.8) is 0 Å². The first-order chi connectivity index (χ1) is 9.51. The predicted molar refractivity (Wildman–Crippen MR) is 71.6 cm³/mol. The zero-order chi connectivity index (χ0) is 14.8. The molecule has 0 aliphatic carbocycles. The lowest BCUT2D eigenvalue weighted by Crippen LogP contribution is -2.55. The molecule has 1 aliphatic heterocycles. The van der Waals surface area contributed by atoms with Crippen LogP contribution in [0.15, 0.2) is 30.3 Å². The minimum atomic E-state index is -1.88. The molecule has 1 fully saturated rings. The van der Waals surface area contributed by atoms with Crippen molar-refractivity contribution in [1.82, 2.24) is 4.90 Å². The van der Waals surface area contributed by atoms with E-state index in [4.69, 9.17) is 5.26 Å². The third kappa shape index (κ3) is 2.30. The van der Waals surface area contributed by atoms with E-state index in [1.165, 1.54) is 0 Å². The number of piperidine rings is 1. The molecule has 0 radical (unpaired) electrons. The average molecular weight is 272 g/mol. The Labute approximate surface area is 117 Å². The second-order valence-electron chi connectivity index (χ2n) is 5.07. The Hall–Kier alpha value is -2.19. The number of hydrogen-bond acceptors (Lipinski definition) is 4. The number of Topliss-reactive ketones (excluding diaryl/α,β-unsaturated/α-hetero) is 1. The van der Waals surface area contributed by atoms with E-state index >= 15 is 0 Å². The van der Waals surface area contributed by atoms with Crippen LogP contribution in [0.2, 0.25) is 0 Å². The molecule has 104 valence electrons. The fourth-order valence-corrected chi connectivity index (χ4v) is 2.56. The van der Waals surface area contributed by atoms with Gasteiger partial charge in [-0.25, -0.2) is 0 Å². The van der Waals surface area contributed by atoms with E-state index in [1.54, 1.807) is 13.0 Å². The van der Waals surface area contributed by atoms with Gasteiger partial charge in [0.2, 0.25) is 5.41 Å². The van der Waals surface area contributed by atoms with Crippen molar-refractivity contribution in [2.24, 2.45) is 5.41 Å². The fraction of sp³-hybridized carbons (Fsp3) is 0.400. The van der Waals surface area contributed by atoms with Gasteiger partial charge in [0, 0.05) is 13.1 Å². The number of nitrogens with zero attached hydrogens (tertiary/aromatic N) is 2. The standard InChI is InChI=1S/C15H16N2O3/c1-11-13(18)15(10-16,14(19)20)7-8-17(11)9-12-5-3-2-4-6-12/h2-6,11H,7-9H2,1H3,(H,19,20). The summed E-state index contributed by atoms with van der Waals surface area (Å²) < 4.78 is 0. The van der Waals surface area contributed by atoms with E-state index in [0.717, 1.165) is 5.56 Å². The molecule has 1 saturated heterocycles. The second kappa shape index (κ2) is 5.43. The molecule has 1 aromatic carbocycles. The lowest BCUT2D eigenvalue weighted by Gasteiger charge is -2.38. The number of ketones is 1. The van der Waals surface area contributed by atoms with E-state index < -0.39 is 23.2 Å². The number of carboxylic acid groups (broad SMARTS) is 1. The summed E-state index contributed by atoms with van der Waals surface area (Å²) in [7, 11) is 0. The molecule has 1 aliphatic rings. The molecule has 0 saturated carbocycles. The number of carbonyl (C=O) groups excluding carboxylic acids is 1. The summed E-state index contributed by atoms with van der Waals surface area (Å²) in [6, 6.07) is 10.8. The Morgan fingerprint density at radius 2 is 2.15 bits per heavy atom.